The lowest BCUT2D eigenvalue weighted by Crippen LogP contribution is -2.53. The molecule has 0 saturated carbocycles. The van der Waals surface area contributed by atoms with E-state index in [0.717, 1.165) is 26.2 Å². The number of anilines is 2. The van der Waals surface area contributed by atoms with E-state index in [0.29, 0.717) is 11.4 Å². The number of hydrogen-bond acceptors (Lipinski definition) is 4. The molecule has 1 aliphatic rings. The molecule has 0 bridgehead atoms. The summed E-state index contributed by atoms with van der Waals surface area (Å²) in [6.45, 7) is 9.90. The number of rotatable bonds is 5. The lowest BCUT2D eigenvalue weighted by atomic mass is 10.1. The van der Waals surface area contributed by atoms with E-state index in [4.69, 9.17) is 4.74 Å². The highest BCUT2D eigenvalue weighted by Crippen LogP contribution is 2.25. The Labute approximate surface area is 161 Å². The van der Waals surface area contributed by atoms with Crippen molar-refractivity contribution in [2.75, 3.05) is 43.5 Å². The molecule has 0 aromatic heterocycles. The monoisotopic (exact) mass is 367 g/mol. The second kappa shape index (κ2) is 8.44. The number of aryl methyl sites for hydroxylation is 1. The van der Waals surface area contributed by atoms with Crippen LogP contribution in [0.5, 0.6) is 5.75 Å². The van der Waals surface area contributed by atoms with Crippen molar-refractivity contribution in [2.45, 2.75) is 26.8 Å². The Hall–Kier alpha value is -2.53. The first kappa shape index (κ1) is 19.2. The number of benzene rings is 2. The molecular formula is C22H29N3O2. The van der Waals surface area contributed by atoms with Crippen LogP contribution in [0, 0.1) is 13.8 Å². The summed E-state index contributed by atoms with van der Waals surface area (Å²) in [7, 11) is 1.61. The van der Waals surface area contributed by atoms with Crippen molar-refractivity contribution in [3.63, 3.8) is 0 Å². The van der Waals surface area contributed by atoms with Crippen molar-refractivity contribution in [2.24, 2.45) is 0 Å². The molecule has 1 unspecified atom stereocenters. The van der Waals surface area contributed by atoms with Gasteiger partial charge in [0.25, 0.3) is 0 Å². The number of nitrogens with zero attached hydrogens (tertiary/aromatic N) is 2. The van der Waals surface area contributed by atoms with E-state index >= 15 is 0 Å². The van der Waals surface area contributed by atoms with Crippen LogP contribution in [-0.4, -0.2) is 50.1 Å². The van der Waals surface area contributed by atoms with Crippen molar-refractivity contribution in [1.82, 2.24) is 4.90 Å². The molecule has 1 heterocycles. The Kier molecular flexibility index (Phi) is 6.01. The molecule has 2 aromatic carbocycles. The molecule has 3 rings (SSSR count). The molecule has 1 saturated heterocycles. The first-order valence-electron chi connectivity index (χ1n) is 9.50. The standard InChI is InChI=1S/C22H29N3O2/c1-16-8-7-10-20(17(16)2)25-14-12-24(13-15-25)18(3)22(26)23-19-9-5-6-11-21(19)27-4/h5-11,18H,12-15H2,1-4H3,(H,23,26). The van der Waals surface area contributed by atoms with Crippen LogP contribution in [0.4, 0.5) is 11.4 Å². The van der Waals surface area contributed by atoms with Crippen LogP contribution in [0.3, 0.4) is 0 Å². The summed E-state index contributed by atoms with van der Waals surface area (Å²) in [6.07, 6.45) is 0. The maximum Gasteiger partial charge on any atom is 0.241 e. The lowest BCUT2D eigenvalue weighted by Gasteiger charge is -2.39. The third-order valence-corrected chi connectivity index (χ3v) is 5.52. The molecule has 1 fully saturated rings. The molecule has 144 valence electrons. The number of carbonyl (C=O) groups is 1. The van der Waals surface area contributed by atoms with Crippen LogP contribution in [0.2, 0.25) is 0 Å². The average molecular weight is 367 g/mol. The number of carbonyl (C=O) groups excluding carboxylic acids is 1. The zero-order valence-electron chi connectivity index (χ0n) is 16.7. The van der Waals surface area contributed by atoms with Gasteiger partial charge in [0.05, 0.1) is 18.8 Å². The van der Waals surface area contributed by atoms with Crippen molar-refractivity contribution in [3.05, 3.63) is 53.6 Å². The second-order valence-corrected chi connectivity index (χ2v) is 7.11. The average Bonchev–Trinajstić information content (AvgIpc) is 2.70. The van der Waals surface area contributed by atoms with Gasteiger partial charge in [0.1, 0.15) is 5.75 Å². The quantitative estimate of drug-likeness (QED) is 0.879. The van der Waals surface area contributed by atoms with Crippen molar-refractivity contribution in [3.8, 4) is 5.75 Å². The molecule has 1 amide bonds. The van der Waals surface area contributed by atoms with Gasteiger partial charge in [-0.25, -0.2) is 0 Å². The molecule has 2 aromatic rings. The van der Waals surface area contributed by atoms with Crippen molar-refractivity contribution >= 4 is 17.3 Å². The number of ether oxygens (including phenoxy) is 1. The summed E-state index contributed by atoms with van der Waals surface area (Å²) >= 11 is 0. The van der Waals surface area contributed by atoms with Gasteiger partial charge in [0.2, 0.25) is 5.91 Å². The topological polar surface area (TPSA) is 44.8 Å². The van der Waals surface area contributed by atoms with Crippen molar-refractivity contribution in [1.29, 1.82) is 0 Å². The molecule has 27 heavy (non-hydrogen) atoms. The zero-order chi connectivity index (χ0) is 19.4. The summed E-state index contributed by atoms with van der Waals surface area (Å²) in [5.41, 5.74) is 4.68. The van der Waals surface area contributed by atoms with Gasteiger partial charge in [0, 0.05) is 31.9 Å². The largest absolute Gasteiger partial charge is 0.495 e. The molecule has 1 aliphatic heterocycles. The van der Waals surface area contributed by atoms with Gasteiger partial charge in [0.15, 0.2) is 0 Å². The van der Waals surface area contributed by atoms with E-state index in [1.54, 1.807) is 7.11 Å². The lowest BCUT2D eigenvalue weighted by molar-refractivity contribution is -0.120. The minimum Gasteiger partial charge on any atom is -0.495 e. The van der Waals surface area contributed by atoms with E-state index in [-0.39, 0.29) is 11.9 Å². The summed E-state index contributed by atoms with van der Waals surface area (Å²) < 4.78 is 5.32. The Morgan fingerprint density at radius 3 is 2.44 bits per heavy atom. The Morgan fingerprint density at radius 1 is 1.04 bits per heavy atom. The fourth-order valence-electron chi connectivity index (χ4n) is 3.58. The second-order valence-electron chi connectivity index (χ2n) is 7.11. The molecule has 5 heteroatoms. The van der Waals surface area contributed by atoms with E-state index in [2.05, 4.69) is 47.2 Å². The molecular weight excluding hydrogens is 338 g/mol. The Morgan fingerprint density at radius 2 is 1.74 bits per heavy atom. The van der Waals surface area contributed by atoms with Crippen LogP contribution < -0.4 is 15.0 Å². The molecule has 0 radical (unpaired) electrons. The first-order chi connectivity index (χ1) is 13.0. The van der Waals surface area contributed by atoms with E-state index in [1.807, 2.05) is 31.2 Å². The van der Waals surface area contributed by atoms with Crippen LogP contribution in [0.15, 0.2) is 42.5 Å². The molecule has 0 aliphatic carbocycles. The number of para-hydroxylation sites is 2. The summed E-state index contributed by atoms with van der Waals surface area (Å²) in [5.74, 6) is 0.678. The van der Waals surface area contributed by atoms with Crippen molar-refractivity contribution < 1.29 is 9.53 Å². The Bertz CT molecular complexity index is 798. The number of piperazine rings is 1. The molecule has 1 atom stereocenters. The third-order valence-electron chi connectivity index (χ3n) is 5.52. The van der Waals surface area contributed by atoms with Gasteiger partial charge in [-0.05, 0) is 50.1 Å². The van der Waals surface area contributed by atoms with Crippen LogP contribution in [-0.2, 0) is 4.79 Å². The predicted molar refractivity (Wildman–Crippen MR) is 111 cm³/mol. The highest BCUT2D eigenvalue weighted by molar-refractivity contribution is 5.95. The SMILES string of the molecule is COc1ccccc1NC(=O)C(C)N1CCN(c2cccc(C)c2C)CC1. The molecule has 1 N–H and O–H groups in total. The fourth-order valence-corrected chi connectivity index (χ4v) is 3.58. The van der Waals surface area contributed by atoms with E-state index in [9.17, 15) is 4.79 Å². The van der Waals surface area contributed by atoms with E-state index in [1.165, 1.54) is 16.8 Å². The number of methoxy groups -OCH3 is 1. The number of amides is 1. The Balaban J connectivity index is 1.60. The summed E-state index contributed by atoms with van der Waals surface area (Å²) in [6, 6.07) is 13.8. The minimum absolute atomic E-state index is 0.000291. The van der Waals surface area contributed by atoms with Gasteiger partial charge in [-0.3, -0.25) is 9.69 Å². The minimum atomic E-state index is -0.185. The maximum atomic E-state index is 12.7. The predicted octanol–water partition coefficient (Wildman–Crippen LogP) is 3.46. The third kappa shape index (κ3) is 4.25. The number of hydrogen-bond donors (Lipinski definition) is 1. The molecule has 5 nitrogen and oxygen atoms in total. The number of nitrogens with one attached hydrogen (secondary N) is 1. The summed E-state index contributed by atoms with van der Waals surface area (Å²) in [5, 5.41) is 3.00. The highest BCUT2D eigenvalue weighted by Gasteiger charge is 2.26. The van der Waals surface area contributed by atoms with Gasteiger partial charge < -0.3 is 15.0 Å². The van der Waals surface area contributed by atoms with E-state index < -0.39 is 0 Å². The normalized spacial score (nSPS) is 16.1. The van der Waals surface area contributed by atoms with Gasteiger partial charge in [-0.2, -0.15) is 0 Å². The van der Waals surface area contributed by atoms with Gasteiger partial charge in [-0.15, -0.1) is 0 Å². The van der Waals surface area contributed by atoms with Gasteiger partial charge >= 0.3 is 0 Å². The van der Waals surface area contributed by atoms with Crippen LogP contribution in [0.25, 0.3) is 0 Å². The fraction of sp³-hybridized carbons (Fsp3) is 0.409. The van der Waals surface area contributed by atoms with Gasteiger partial charge in [-0.1, -0.05) is 24.3 Å². The van der Waals surface area contributed by atoms with Crippen LogP contribution >= 0.6 is 0 Å². The highest BCUT2D eigenvalue weighted by atomic mass is 16.5. The van der Waals surface area contributed by atoms with Crippen LogP contribution in [0.1, 0.15) is 18.1 Å². The molecule has 0 spiro atoms. The maximum absolute atomic E-state index is 12.7. The zero-order valence-corrected chi connectivity index (χ0v) is 16.7. The summed E-state index contributed by atoms with van der Waals surface area (Å²) in [4.78, 5) is 17.4. The smallest absolute Gasteiger partial charge is 0.241 e. The first-order valence-corrected chi connectivity index (χ1v) is 9.50.